The largest absolute Gasteiger partial charge is 0.478 e. The number of nitrogens with two attached hydrogens (primary N) is 1. The van der Waals surface area contributed by atoms with Crippen molar-refractivity contribution in [3.05, 3.63) is 29.1 Å². The second kappa shape index (κ2) is 5.88. The number of carbonyl (C=O) groups excluding carboxylic acids is 2. The summed E-state index contributed by atoms with van der Waals surface area (Å²) in [5, 5.41) is 8.95. The Hall–Kier alpha value is -2.48. The first-order chi connectivity index (χ1) is 9.91. The molecule has 1 atom stereocenters. The Morgan fingerprint density at radius 1 is 1.43 bits per heavy atom. The van der Waals surface area contributed by atoms with Crippen molar-refractivity contribution in [3.63, 3.8) is 0 Å². The predicted octanol–water partition coefficient (Wildman–Crippen LogP) is -0.585. The molecule has 0 bridgehead atoms. The maximum absolute atomic E-state index is 12.4. The summed E-state index contributed by atoms with van der Waals surface area (Å²) in [7, 11) is 0. The van der Waals surface area contributed by atoms with Gasteiger partial charge in [0.1, 0.15) is 11.7 Å². The standard InChI is InChI=1S/C13H15N3O5/c1-7-8(13(19)20)2-3-9(15-7)12(18)16-4-5-21-6-10(16)11(14)17/h2-3,10H,4-6H2,1H3,(H2,14,17)(H,19,20). The molecule has 8 nitrogen and oxygen atoms in total. The maximum Gasteiger partial charge on any atom is 0.337 e. The van der Waals surface area contributed by atoms with Crippen LogP contribution in [0, 0.1) is 6.92 Å². The highest BCUT2D eigenvalue weighted by atomic mass is 16.5. The van der Waals surface area contributed by atoms with E-state index >= 15 is 0 Å². The molecule has 1 saturated heterocycles. The van der Waals surface area contributed by atoms with E-state index in [4.69, 9.17) is 15.6 Å². The highest BCUT2D eigenvalue weighted by Gasteiger charge is 2.32. The summed E-state index contributed by atoms with van der Waals surface area (Å²) in [5.41, 5.74) is 5.59. The number of nitrogens with zero attached hydrogens (tertiary/aromatic N) is 2. The number of primary amides is 1. The van der Waals surface area contributed by atoms with E-state index in [2.05, 4.69) is 4.98 Å². The Labute approximate surface area is 120 Å². The Morgan fingerprint density at radius 2 is 2.14 bits per heavy atom. The summed E-state index contributed by atoms with van der Waals surface area (Å²) in [4.78, 5) is 40.0. The van der Waals surface area contributed by atoms with Gasteiger partial charge in [-0.15, -0.1) is 0 Å². The first-order valence-electron chi connectivity index (χ1n) is 6.30. The van der Waals surface area contributed by atoms with Crippen molar-refractivity contribution in [1.29, 1.82) is 0 Å². The van der Waals surface area contributed by atoms with Gasteiger partial charge in [0.2, 0.25) is 5.91 Å². The summed E-state index contributed by atoms with van der Waals surface area (Å²) in [5.74, 6) is -2.23. The molecule has 3 N–H and O–H groups in total. The number of aryl methyl sites for hydroxylation is 1. The maximum atomic E-state index is 12.4. The zero-order chi connectivity index (χ0) is 15.6. The minimum absolute atomic E-state index is 0.0278. The monoisotopic (exact) mass is 293 g/mol. The van der Waals surface area contributed by atoms with Crippen molar-refractivity contribution in [1.82, 2.24) is 9.88 Å². The van der Waals surface area contributed by atoms with E-state index in [1.54, 1.807) is 0 Å². The van der Waals surface area contributed by atoms with Gasteiger partial charge in [-0.2, -0.15) is 0 Å². The number of rotatable bonds is 3. The molecule has 1 fully saturated rings. The summed E-state index contributed by atoms with van der Waals surface area (Å²) in [6.07, 6.45) is 0. The Bertz CT molecular complexity index is 601. The molecule has 112 valence electrons. The number of aromatic nitrogens is 1. The Balaban J connectivity index is 2.28. The number of pyridine rings is 1. The van der Waals surface area contributed by atoms with E-state index in [0.717, 1.165) is 0 Å². The molecule has 2 heterocycles. The van der Waals surface area contributed by atoms with Gasteiger partial charge in [0, 0.05) is 6.54 Å². The molecular weight excluding hydrogens is 278 g/mol. The average molecular weight is 293 g/mol. The molecule has 8 heteroatoms. The van der Waals surface area contributed by atoms with Crippen LogP contribution in [0.25, 0.3) is 0 Å². The third-order valence-electron chi connectivity index (χ3n) is 3.25. The number of carbonyl (C=O) groups is 3. The van der Waals surface area contributed by atoms with Gasteiger partial charge < -0.3 is 20.5 Å². The third-order valence-corrected chi connectivity index (χ3v) is 3.25. The number of aromatic carboxylic acids is 1. The molecule has 2 amide bonds. The van der Waals surface area contributed by atoms with Crippen LogP contribution in [0.3, 0.4) is 0 Å². The number of carboxylic acids is 1. The van der Waals surface area contributed by atoms with Gasteiger partial charge in [0.25, 0.3) is 5.91 Å². The molecule has 1 unspecified atom stereocenters. The van der Waals surface area contributed by atoms with Gasteiger partial charge in [0.15, 0.2) is 0 Å². The van der Waals surface area contributed by atoms with E-state index in [0.29, 0.717) is 6.61 Å². The number of hydrogen-bond acceptors (Lipinski definition) is 5. The van der Waals surface area contributed by atoms with Crippen molar-refractivity contribution in [2.75, 3.05) is 19.8 Å². The third kappa shape index (κ3) is 3.00. The molecular formula is C13H15N3O5. The van der Waals surface area contributed by atoms with Gasteiger partial charge in [-0.25, -0.2) is 9.78 Å². The van der Waals surface area contributed by atoms with Crippen LogP contribution in [-0.4, -0.2) is 58.6 Å². The van der Waals surface area contributed by atoms with Gasteiger partial charge >= 0.3 is 5.97 Å². The van der Waals surface area contributed by atoms with E-state index < -0.39 is 23.8 Å². The van der Waals surface area contributed by atoms with Gasteiger partial charge in [0.05, 0.1) is 24.5 Å². The topological polar surface area (TPSA) is 123 Å². The van der Waals surface area contributed by atoms with Crippen LogP contribution >= 0.6 is 0 Å². The van der Waals surface area contributed by atoms with Crippen LogP contribution in [0.15, 0.2) is 12.1 Å². The number of carboxylic acid groups (broad SMARTS) is 1. The lowest BCUT2D eigenvalue weighted by atomic mass is 10.1. The van der Waals surface area contributed by atoms with Crippen LogP contribution in [0.4, 0.5) is 0 Å². The molecule has 0 aliphatic carbocycles. The molecule has 0 spiro atoms. The first kappa shape index (κ1) is 14.9. The van der Waals surface area contributed by atoms with Crippen molar-refractivity contribution in [2.45, 2.75) is 13.0 Å². The lowest BCUT2D eigenvalue weighted by Crippen LogP contribution is -2.54. The van der Waals surface area contributed by atoms with Crippen molar-refractivity contribution < 1.29 is 24.2 Å². The normalized spacial score (nSPS) is 18.3. The molecule has 1 aromatic rings. The lowest BCUT2D eigenvalue weighted by Gasteiger charge is -2.33. The summed E-state index contributed by atoms with van der Waals surface area (Å²) in [6.45, 7) is 2.09. The molecule has 1 aliphatic rings. The van der Waals surface area contributed by atoms with Crippen molar-refractivity contribution in [3.8, 4) is 0 Å². The van der Waals surface area contributed by atoms with Gasteiger partial charge in [-0.05, 0) is 19.1 Å². The van der Waals surface area contributed by atoms with Crippen LogP contribution in [-0.2, 0) is 9.53 Å². The van der Waals surface area contributed by atoms with Crippen molar-refractivity contribution >= 4 is 17.8 Å². The Kier molecular flexibility index (Phi) is 4.18. The van der Waals surface area contributed by atoms with Gasteiger partial charge in [-0.1, -0.05) is 0 Å². The van der Waals surface area contributed by atoms with Crippen molar-refractivity contribution in [2.24, 2.45) is 5.73 Å². The second-order valence-corrected chi connectivity index (χ2v) is 4.63. The number of ether oxygens (including phenoxy) is 1. The molecule has 0 aromatic carbocycles. The molecule has 0 saturated carbocycles. The van der Waals surface area contributed by atoms with Crippen LogP contribution in [0.1, 0.15) is 26.5 Å². The number of morpholine rings is 1. The predicted molar refractivity (Wildman–Crippen MR) is 70.8 cm³/mol. The molecule has 1 aliphatic heterocycles. The average Bonchev–Trinajstić information content (AvgIpc) is 2.45. The minimum Gasteiger partial charge on any atom is -0.478 e. The van der Waals surface area contributed by atoms with E-state index in [-0.39, 0.29) is 30.1 Å². The Morgan fingerprint density at radius 3 is 2.71 bits per heavy atom. The molecule has 21 heavy (non-hydrogen) atoms. The van der Waals surface area contributed by atoms with Gasteiger partial charge in [-0.3, -0.25) is 9.59 Å². The molecule has 2 rings (SSSR count). The summed E-state index contributed by atoms with van der Waals surface area (Å²) < 4.78 is 5.14. The minimum atomic E-state index is -1.11. The highest BCUT2D eigenvalue weighted by molar-refractivity contribution is 5.97. The molecule has 1 aromatic heterocycles. The van der Waals surface area contributed by atoms with Crippen LogP contribution in [0.2, 0.25) is 0 Å². The molecule has 0 radical (unpaired) electrons. The fourth-order valence-electron chi connectivity index (χ4n) is 2.14. The summed E-state index contributed by atoms with van der Waals surface area (Å²) >= 11 is 0. The lowest BCUT2D eigenvalue weighted by molar-refractivity contribution is -0.127. The second-order valence-electron chi connectivity index (χ2n) is 4.63. The zero-order valence-corrected chi connectivity index (χ0v) is 11.4. The van der Waals surface area contributed by atoms with E-state index in [9.17, 15) is 14.4 Å². The van der Waals surface area contributed by atoms with Crippen LogP contribution in [0.5, 0.6) is 0 Å². The SMILES string of the molecule is Cc1nc(C(=O)N2CCOCC2C(N)=O)ccc1C(=O)O. The van der Waals surface area contributed by atoms with E-state index in [1.807, 2.05) is 0 Å². The number of amides is 2. The fraction of sp³-hybridized carbons (Fsp3) is 0.385. The highest BCUT2D eigenvalue weighted by Crippen LogP contribution is 2.13. The summed E-state index contributed by atoms with van der Waals surface area (Å²) in [6, 6.07) is 1.80. The zero-order valence-electron chi connectivity index (χ0n) is 11.4. The van der Waals surface area contributed by atoms with E-state index in [1.165, 1.54) is 24.0 Å². The fourth-order valence-corrected chi connectivity index (χ4v) is 2.14. The number of hydrogen-bond donors (Lipinski definition) is 2. The quantitative estimate of drug-likeness (QED) is 0.768. The first-order valence-corrected chi connectivity index (χ1v) is 6.30. The van der Waals surface area contributed by atoms with Crippen LogP contribution < -0.4 is 5.73 Å². The smallest absolute Gasteiger partial charge is 0.337 e.